The molecule has 0 saturated carbocycles. The number of anilines is 1. The maximum absolute atomic E-state index is 6.17. The van der Waals surface area contributed by atoms with Crippen molar-refractivity contribution in [2.75, 3.05) is 5.73 Å². The fraction of sp³-hybridized carbons (Fsp3) is 0.562. The first-order valence-electron chi connectivity index (χ1n) is 7.64. The molecule has 0 saturated heterocycles. The van der Waals surface area contributed by atoms with Crippen LogP contribution in [0.5, 0.6) is 0 Å². The standard InChI is InChI=1S/C16H24BrN3/c1-2-3-4-5-6-7-8-9-14-16(18)20-12-13(17)10-11-15(20)19-14/h10-12H,2-9,18H2,1H3. The number of aromatic nitrogens is 2. The van der Waals surface area contributed by atoms with Gasteiger partial charge in [-0.25, -0.2) is 4.98 Å². The Bertz CT molecular complexity index is 548. The molecule has 2 heterocycles. The van der Waals surface area contributed by atoms with Crippen LogP contribution in [-0.4, -0.2) is 9.38 Å². The molecule has 0 bridgehead atoms. The highest BCUT2D eigenvalue weighted by Gasteiger charge is 2.08. The number of rotatable bonds is 8. The van der Waals surface area contributed by atoms with Gasteiger partial charge >= 0.3 is 0 Å². The summed E-state index contributed by atoms with van der Waals surface area (Å²) in [5.41, 5.74) is 8.14. The number of nitrogens with two attached hydrogens (primary N) is 1. The average molecular weight is 338 g/mol. The first-order chi connectivity index (χ1) is 9.72. The third-order valence-corrected chi connectivity index (χ3v) is 4.18. The van der Waals surface area contributed by atoms with E-state index in [9.17, 15) is 0 Å². The van der Waals surface area contributed by atoms with Gasteiger partial charge in [0.1, 0.15) is 11.5 Å². The van der Waals surface area contributed by atoms with Crippen LogP contribution in [0.3, 0.4) is 0 Å². The minimum atomic E-state index is 0.785. The molecular formula is C16H24BrN3. The Morgan fingerprint density at radius 3 is 2.55 bits per heavy atom. The monoisotopic (exact) mass is 337 g/mol. The minimum Gasteiger partial charge on any atom is -0.383 e. The molecule has 2 N–H and O–H groups in total. The molecule has 2 rings (SSSR count). The smallest absolute Gasteiger partial charge is 0.138 e. The molecule has 2 aromatic rings. The molecule has 0 spiro atoms. The molecule has 2 aromatic heterocycles. The lowest BCUT2D eigenvalue weighted by molar-refractivity contribution is 0.588. The Kier molecular flexibility index (Phi) is 5.89. The van der Waals surface area contributed by atoms with Crippen molar-refractivity contribution in [1.82, 2.24) is 9.38 Å². The van der Waals surface area contributed by atoms with Gasteiger partial charge in [0, 0.05) is 10.7 Å². The van der Waals surface area contributed by atoms with Gasteiger partial charge in [0.2, 0.25) is 0 Å². The van der Waals surface area contributed by atoms with Crippen LogP contribution < -0.4 is 5.73 Å². The summed E-state index contributed by atoms with van der Waals surface area (Å²) in [7, 11) is 0. The van der Waals surface area contributed by atoms with Gasteiger partial charge < -0.3 is 5.73 Å². The third-order valence-electron chi connectivity index (χ3n) is 3.71. The number of nitrogens with zero attached hydrogens (tertiary/aromatic N) is 2. The van der Waals surface area contributed by atoms with Gasteiger partial charge in [-0.2, -0.15) is 0 Å². The van der Waals surface area contributed by atoms with Crippen LogP contribution in [0.25, 0.3) is 5.65 Å². The molecule has 0 unspecified atom stereocenters. The van der Waals surface area contributed by atoms with Crippen LogP contribution in [0.2, 0.25) is 0 Å². The van der Waals surface area contributed by atoms with E-state index in [1.54, 1.807) is 0 Å². The van der Waals surface area contributed by atoms with E-state index in [0.717, 1.165) is 28.1 Å². The quantitative estimate of drug-likeness (QED) is 0.691. The number of unbranched alkanes of at least 4 members (excludes halogenated alkanes) is 6. The minimum absolute atomic E-state index is 0.785. The lowest BCUT2D eigenvalue weighted by Gasteiger charge is -2.01. The zero-order valence-electron chi connectivity index (χ0n) is 12.2. The molecule has 0 aromatic carbocycles. The number of halogens is 1. The van der Waals surface area contributed by atoms with Gasteiger partial charge in [0.05, 0.1) is 5.69 Å². The average Bonchev–Trinajstić information content (AvgIpc) is 2.75. The second-order valence-electron chi connectivity index (χ2n) is 5.39. The van der Waals surface area contributed by atoms with Crippen molar-refractivity contribution in [3.63, 3.8) is 0 Å². The van der Waals surface area contributed by atoms with E-state index < -0.39 is 0 Å². The van der Waals surface area contributed by atoms with Crippen molar-refractivity contribution < 1.29 is 0 Å². The van der Waals surface area contributed by atoms with Crippen molar-refractivity contribution >= 4 is 27.4 Å². The van der Waals surface area contributed by atoms with Crippen LogP contribution >= 0.6 is 15.9 Å². The van der Waals surface area contributed by atoms with E-state index in [0.29, 0.717) is 0 Å². The summed E-state index contributed by atoms with van der Waals surface area (Å²) >= 11 is 3.47. The lowest BCUT2D eigenvalue weighted by atomic mass is 10.1. The van der Waals surface area contributed by atoms with Crippen molar-refractivity contribution in [2.24, 2.45) is 0 Å². The molecule has 0 aliphatic rings. The number of pyridine rings is 1. The highest BCUT2D eigenvalue weighted by Crippen LogP contribution is 2.20. The molecule has 0 amide bonds. The van der Waals surface area contributed by atoms with Gasteiger partial charge in [-0.15, -0.1) is 0 Å². The zero-order valence-corrected chi connectivity index (χ0v) is 13.8. The van der Waals surface area contributed by atoms with Crippen LogP contribution in [0, 0.1) is 0 Å². The van der Waals surface area contributed by atoms with E-state index in [4.69, 9.17) is 5.73 Å². The summed E-state index contributed by atoms with van der Waals surface area (Å²) in [6.07, 6.45) is 12.2. The number of hydrogen-bond donors (Lipinski definition) is 1. The molecule has 0 fully saturated rings. The first-order valence-corrected chi connectivity index (χ1v) is 8.43. The summed E-state index contributed by atoms with van der Waals surface area (Å²) in [4.78, 5) is 4.62. The molecule has 0 aliphatic heterocycles. The molecule has 110 valence electrons. The van der Waals surface area contributed by atoms with Gasteiger partial charge in [0.25, 0.3) is 0 Å². The van der Waals surface area contributed by atoms with Gasteiger partial charge in [-0.1, -0.05) is 45.4 Å². The fourth-order valence-corrected chi connectivity index (χ4v) is 2.86. The number of aryl methyl sites for hydroxylation is 1. The SMILES string of the molecule is CCCCCCCCCc1nc2ccc(Br)cn2c1N. The van der Waals surface area contributed by atoms with Crippen molar-refractivity contribution in [2.45, 2.75) is 58.3 Å². The van der Waals surface area contributed by atoms with Crippen molar-refractivity contribution in [3.05, 3.63) is 28.5 Å². The summed E-state index contributed by atoms with van der Waals surface area (Å²) in [6, 6.07) is 3.99. The van der Waals surface area contributed by atoms with Crippen LogP contribution in [0.15, 0.2) is 22.8 Å². The van der Waals surface area contributed by atoms with Crippen LogP contribution in [0.4, 0.5) is 5.82 Å². The molecule has 0 radical (unpaired) electrons. The number of fused-ring (bicyclic) bond motifs is 1. The normalized spacial score (nSPS) is 11.3. The summed E-state index contributed by atoms with van der Waals surface area (Å²) in [5.74, 6) is 0.785. The topological polar surface area (TPSA) is 43.3 Å². The Labute approximate surface area is 129 Å². The van der Waals surface area contributed by atoms with Crippen LogP contribution in [0.1, 0.15) is 57.6 Å². The summed E-state index contributed by atoms with van der Waals surface area (Å²) in [6.45, 7) is 2.25. The third kappa shape index (κ3) is 3.98. The van der Waals surface area contributed by atoms with E-state index >= 15 is 0 Å². The van der Waals surface area contributed by atoms with E-state index in [2.05, 4.69) is 27.8 Å². The van der Waals surface area contributed by atoms with Gasteiger partial charge in [-0.05, 0) is 40.9 Å². The highest BCUT2D eigenvalue weighted by atomic mass is 79.9. The Morgan fingerprint density at radius 1 is 1.10 bits per heavy atom. The van der Waals surface area contributed by atoms with E-state index in [1.807, 2.05) is 22.7 Å². The molecule has 0 atom stereocenters. The Morgan fingerprint density at radius 2 is 1.80 bits per heavy atom. The Balaban J connectivity index is 1.83. The predicted octanol–water partition coefficient (Wildman–Crippen LogP) is 4.97. The summed E-state index contributed by atoms with van der Waals surface area (Å²) < 4.78 is 2.98. The maximum Gasteiger partial charge on any atom is 0.138 e. The molecular weight excluding hydrogens is 314 g/mol. The fourth-order valence-electron chi connectivity index (χ4n) is 2.52. The van der Waals surface area contributed by atoms with Crippen molar-refractivity contribution in [3.8, 4) is 0 Å². The second kappa shape index (κ2) is 7.67. The largest absolute Gasteiger partial charge is 0.383 e. The highest BCUT2D eigenvalue weighted by molar-refractivity contribution is 9.10. The molecule has 0 aliphatic carbocycles. The molecule has 4 heteroatoms. The number of imidazole rings is 1. The Hall–Kier alpha value is -1.03. The van der Waals surface area contributed by atoms with Gasteiger partial charge in [-0.3, -0.25) is 4.40 Å². The zero-order chi connectivity index (χ0) is 14.4. The lowest BCUT2D eigenvalue weighted by Crippen LogP contribution is -1.96. The summed E-state index contributed by atoms with van der Waals surface area (Å²) in [5, 5.41) is 0. The predicted molar refractivity (Wildman–Crippen MR) is 89.0 cm³/mol. The van der Waals surface area contributed by atoms with E-state index in [-0.39, 0.29) is 0 Å². The number of hydrogen-bond acceptors (Lipinski definition) is 2. The number of nitrogen functional groups attached to an aromatic ring is 1. The second-order valence-corrected chi connectivity index (χ2v) is 6.31. The maximum atomic E-state index is 6.17. The first kappa shape index (κ1) is 15.4. The van der Waals surface area contributed by atoms with Crippen molar-refractivity contribution in [1.29, 1.82) is 0 Å². The van der Waals surface area contributed by atoms with Gasteiger partial charge in [0.15, 0.2) is 0 Å². The molecule has 20 heavy (non-hydrogen) atoms. The van der Waals surface area contributed by atoms with Crippen LogP contribution in [-0.2, 0) is 6.42 Å². The molecule has 3 nitrogen and oxygen atoms in total. The van der Waals surface area contributed by atoms with E-state index in [1.165, 1.54) is 44.9 Å².